The highest BCUT2D eigenvalue weighted by Gasteiger charge is 2.42. The van der Waals surface area contributed by atoms with Crippen molar-refractivity contribution in [3.63, 3.8) is 0 Å². The van der Waals surface area contributed by atoms with Gasteiger partial charge in [0.2, 0.25) is 10.0 Å². The quantitative estimate of drug-likeness (QED) is 0.804. The second-order valence-electron chi connectivity index (χ2n) is 6.22. The highest BCUT2D eigenvalue weighted by atomic mass is 32.2. The summed E-state index contributed by atoms with van der Waals surface area (Å²) in [4.78, 5) is 0. The number of rotatable bonds is 3. The highest BCUT2D eigenvalue weighted by molar-refractivity contribution is 7.90. The second-order valence-corrected chi connectivity index (χ2v) is 8.22. The Morgan fingerprint density at radius 2 is 1.89 bits per heavy atom. The molecule has 0 aromatic rings. The fourth-order valence-electron chi connectivity index (χ4n) is 3.56. The topological polar surface area (TPSA) is 67.4 Å². The molecule has 0 amide bonds. The van der Waals surface area contributed by atoms with Crippen molar-refractivity contribution in [2.45, 2.75) is 61.8 Å². The lowest BCUT2D eigenvalue weighted by molar-refractivity contribution is 0.0974. The first-order valence-corrected chi connectivity index (χ1v) is 8.98. The van der Waals surface area contributed by atoms with Gasteiger partial charge in [0.25, 0.3) is 0 Å². The van der Waals surface area contributed by atoms with E-state index in [0.29, 0.717) is 26.1 Å². The number of sulfonamides is 1. The van der Waals surface area contributed by atoms with Gasteiger partial charge in [-0.05, 0) is 51.5 Å². The molecule has 2 saturated heterocycles. The Balaban J connectivity index is 1.60. The first kappa shape index (κ1) is 13.8. The minimum Gasteiger partial charge on any atom is -0.381 e. The molecule has 5 nitrogen and oxygen atoms in total. The molecule has 3 rings (SSSR count). The Labute approximate surface area is 115 Å². The van der Waals surface area contributed by atoms with Gasteiger partial charge < -0.3 is 10.1 Å². The van der Waals surface area contributed by atoms with Crippen molar-refractivity contribution in [3.8, 4) is 0 Å². The van der Waals surface area contributed by atoms with Crippen LogP contribution in [0.1, 0.15) is 44.9 Å². The number of nitrogens with one attached hydrogen (secondary N) is 2. The summed E-state index contributed by atoms with van der Waals surface area (Å²) in [6, 6.07) is 0.120. The van der Waals surface area contributed by atoms with Crippen molar-refractivity contribution in [3.05, 3.63) is 0 Å². The zero-order valence-electron chi connectivity index (χ0n) is 11.4. The maximum absolute atomic E-state index is 12.4. The first-order valence-electron chi connectivity index (χ1n) is 7.44. The van der Waals surface area contributed by atoms with Crippen LogP contribution >= 0.6 is 0 Å². The lowest BCUT2D eigenvalue weighted by Crippen LogP contribution is -2.60. The second kappa shape index (κ2) is 5.31. The molecule has 2 heterocycles. The molecule has 1 unspecified atom stereocenters. The molecule has 2 aliphatic heterocycles. The van der Waals surface area contributed by atoms with Crippen LogP contribution in [0.5, 0.6) is 0 Å². The van der Waals surface area contributed by atoms with Crippen molar-refractivity contribution in [2.24, 2.45) is 0 Å². The van der Waals surface area contributed by atoms with E-state index in [4.69, 9.17) is 4.74 Å². The Morgan fingerprint density at radius 1 is 1.16 bits per heavy atom. The molecule has 6 heteroatoms. The molecule has 0 aromatic heterocycles. The lowest BCUT2D eigenvalue weighted by atomic mass is 9.70. The fraction of sp³-hybridized carbons (Fsp3) is 1.00. The molecule has 0 bridgehead atoms. The van der Waals surface area contributed by atoms with E-state index in [0.717, 1.165) is 19.4 Å². The Kier molecular flexibility index (Phi) is 3.86. The van der Waals surface area contributed by atoms with E-state index in [9.17, 15) is 8.42 Å². The smallest absolute Gasteiger partial charge is 0.214 e. The van der Waals surface area contributed by atoms with Crippen LogP contribution in [0.15, 0.2) is 0 Å². The Morgan fingerprint density at radius 3 is 2.53 bits per heavy atom. The van der Waals surface area contributed by atoms with E-state index in [2.05, 4.69) is 10.0 Å². The van der Waals surface area contributed by atoms with Crippen molar-refractivity contribution in [1.82, 2.24) is 10.0 Å². The van der Waals surface area contributed by atoms with Crippen LogP contribution in [0.3, 0.4) is 0 Å². The monoisotopic (exact) mass is 288 g/mol. The molecule has 0 radical (unpaired) electrons. The molecule has 3 aliphatic rings. The Bertz CT molecular complexity index is 414. The average molecular weight is 288 g/mol. The van der Waals surface area contributed by atoms with E-state index in [1.54, 1.807) is 0 Å². The van der Waals surface area contributed by atoms with E-state index in [-0.39, 0.29) is 16.8 Å². The van der Waals surface area contributed by atoms with Crippen LogP contribution in [-0.2, 0) is 14.8 Å². The van der Waals surface area contributed by atoms with Gasteiger partial charge >= 0.3 is 0 Å². The molecule has 1 aliphatic carbocycles. The maximum atomic E-state index is 12.4. The number of hydrogen-bond donors (Lipinski definition) is 2. The molecule has 19 heavy (non-hydrogen) atoms. The number of ether oxygens (including phenoxy) is 1. The third-order valence-corrected chi connectivity index (χ3v) is 6.89. The zero-order chi connectivity index (χ0) is 13.3. The molecular formula is C13H24N2O3S. The van der Waals surface area contributed by atoms with Crippen LogP contribution in [0.2, 0.25) is 0 Å². The molecule has 1 saturated carbocycles. The van der Waals surface area contributed by atoms with E-state index in [1.807, 2.05) is 0 Å². The van der Waals surface area contributed by atoms with Gasteiger partial charge in [-0.1, -0.05) is 0 Å². The molecule has 110 valence electrons. The minimum absolute atomic E-state index is 0.120. The van der Waals surface area contributed by atoms with E-state index in [1.165, 1.54) is 19.3 Å². The van der Waals surface area contributed by atoms with Crippen LogP contribution in [0, 0.1) is 0 Å². The number of hydrogen-bond acceptors (Lipinski definition) is 4. The average Bonchev–Trinajstić information content (AvgIpc) is 2.38. The molecule has 1 spiro atoms. The predicted octanol–water partition coefficient (Wildman–Crippen LogP) is 0.759. The van der Waals surface area contributed by atoms with Gasteiger partial charge in [-0.15, -0.1) is 0 Å². The summed E-state index contributed by atoms with van der Waals surface area (Å²) in [5.41, 5.74) is 0.237. The van der Waals surface area contributed by atoms with Gasteiger partial charge in [-0.3, -0.25) is 0 Å². The van der Waals surface area contributed by atoms with Crippen molar-refractivity contribution >= 4 is 10.0 Å². The van der Waals surface area contributed by atoms with Crippen LogP contribution in [0.25, 0.3) is 0 Å². The summed E-state index contributed by atoms with van der Waals surface area (Å²) in [7, 11) is -3.18. The number of piperidine rings is 1. The third kappa shape index (κ3) is 2.96. The molecular weight excluding hydrogens is 264 g/mol. The first-order chi connectivity index (χ1) is 9.10. The fourth-order valence-corrected chi connectivity index (χ4v) is 5.23. The normalized spacial score (nSPS) is 32.1. The third-order valence-electron chi connectivity index (χ3n) is 4.88. The summed E-state index contributed by atoms with van der Waals surface area (Å²) < 4.78 is 33.0. The molecule has 0 aromatic carbocycles. The van der Waals surface area contributed by atoms with Gasteiger partial charge in [-0.2, -0.15) is 0 Å². The van der Waals surface area contributed by atoms with Crippen LogP contribution in [0.4, 0.5) is 0 Å². The Hall–Kier alpha value is -0.170. The molecule has 2 N–H and O–H groups in total. The lowest BCUT2D eigenvalue weighted by Gasteiger charge is -2.48. The molecule has 3 fully saturated rings. The van der Waals surface area contributed by atoms with Gasteiger partial charge in [-0.25, -0.2) is 13.1 Å². The van der Waals surface area contributed by atoms with Crippen LogP contribution < -0.4 is 10.0 Å². The van der Waals surface area contributed by atoms with E-state index < -0.39 is 10.0 Å². The summed E-state index contributed by atoms with van der Waals surface area (Å²) in [5.74, 6) is 0. The van der Waals surface area contributed by atoms with Gasteiger partial charge in [0.1, 0.15) is 0 Å². The van der Waals surface area contributed by atoms with Crippen molar-refractivity contribution in [1.29, 1.82) is 0 Å². The summed E-state index contributed by atoms with van der Waals surface area (Å²) >= 11 is 0. The predicted molar refractivity (Wildman–Crippen MR) is 73.5 cm³/mol. The zero-order valence-corrected chi connectivity index (χ0v) is 12.2. The summed E-state index contributed by atoms with van der Waals surface area (Å²) in [5, 5.41) is 3.32. The van der Waals surface area contributed by atoms with Gasteiger partial charge in [0.05, 0.1) is 5.25 Å². The summed E-state index contributed by atoms with van der Waals surface area (Å²) in [6.07, 6.45) is 6.79. The van der Waals surface area contributed by atoms with Gasteiger partial charge in [0.15, 0.2) is 0 Å². The minimum atomic E-state index is -3.18. The van der Waals surface area contributed by atoms with Crippen LogP contribution in [-0.4, -0.2) is 45.0 Å². The molecule has 1 atom stereocenters. The van der Waals surface area contributed by atoms with Crippen molar-refractivity contribution in [2.75, 3.05) is 19.8 Å². The largest absolute Gasteiger partial charge is 0.381 e. The van der Waals surface area contributed by atoms with Gasteiger partial charge in [0, 0.05) is 24.8 Å². The standard InChI is InChI=1S/C13H24N2O3S/c16-19(17,12-3-8-18-9-4-12)15-11-2-7-14-13(10-11)5-1-6-13/h11-12,14-15H,1-10H2. The maximum Gasteiger partial charge on any atom is 0.214 e. The highest BCUT2D eigenvalue weighted by Crippen LogP contribution is 2.38. The van der Waals surface area contributed by atoms with E-state index >= 15 is 0 Å². The SMILES string of the molecule is O=S(=O)(NC1CCNC2(CCC2)C1)C1CCOCC1. The van der Waals surface area contributed by atoms with Crippen molar-refractivity contribution < 1.29 is 13.2 Å². The summed E-state index contributed by atoms with van der Waals surface area (Å²) in [6.45, 7) is 2.07.